The van der Waals surface area contributed by atoms with E-state index in [0.29, 0.717) is 24.6 Å². The highest BCUT2D eigenvalue weighted by atomic mass is 35.5. The number of ether oxygens (including phenoxy) is 3. The number of halogens is 1. The summed E-state index contributed by atoms with van der Waals surface area (Å²) in [4.78, 5) is 16.7. The molecule has 3 aromatic carbocycles. The maximum Gasteiger partial charge on any atom is 0.306 e. The molecule has 196 valence electrons. The van der Waals surface area contributed by atoms with Gasteiger partial charge in [0.2, 0.25) is 0 Å². The quantitative estimate of drug-likeness (QED) is 0.275. The van der Waals surface area contributed by atoms with Crippen molar-refractivity contribution < 1.29 is 19.0 Å². The zero-order valence-corrected chi connectivity index (χ0v) is 22.3. The molecule has 0 aliphatic carbocycles. The second-order valence-electron chi connectivity index (χ2n) is 9.90. The minimum Gasteiger partial charge on any atom is -0.493 e. The van der Waals surface area contributed by atoms with Crippen LogP contribution in [0.15, 0.2) is 54.6 Å². The first-order valence-electron chi connectivity index (χ1n) is 13.0. The van der Waals surface area contributed by atoms with Crippen molar-refractivity contribution in [2.75, 3.05) is 25.6 Å². The van der Waals surface area contributed by atoms with E-state index in [0.717, 1.165) is 59.0 Å². The van der Waals surface area contributed by atoms with Gasteiger partial charge in [-0.05, 0) is 61.2 Å². The summed E-state index contributed by atoms with van der Waals surface area (Å²) in [6.45, 7) is 4.05. The van der Waals surface area contributed by atoms with E-state index < -0.39 is 0 Å². The molecule has 1 N–H and O–H groups in total. The Morgan fingerprint density at radius 1 is 1.21 bits per heavy atom. The molecule has 0 radical (unpaired) electrons. The average molecular weight is 532 g/mol. The number of anilines is 1. The van der Waals surface area contributed by atoms with Gasteiger partial charge in [-0.3, -0.25) is 9.36 Å². The topological polar surface area (TPSA) is 74.6 Å². The van der Waals surface area contributed by atoms with Gasteiger partial charge >= 0.3 is 5.97 Å². The normalized spacial score (nSPS) is 18.4. The van der Waals surface area contributed by atoms with E-state index >= 15 is 0 Å². The van der Waals surface area contributed by atoms with Gasteiger partial charge in [-0.2, -0.15) is 0 Å². The summed E-state index contributed by atoms with van der Waals surface area (Å²) in [7, 11) is 1.41. The summed E-state index contributed by atoms with van der Waals surface area (Å²) in [5, 5.41) is 4.22. The molecule has 0 bridgehead atoms. The lowest BCUT2D eigenvalue weighted by Gasteiger charge is -2.18. The average Bonchev–Trinajstić information content (AvgIpc) is 3.67. The number of aromatic nitrogens is 2. The van der Waals surface area contributed by atoms with E-state index in [-0.39, 0.29) is 18.0 Å². The number of benzene rings is 3. The Kier molecular flexibility index (Phi) is 6.72. The number of rotatable bonds is 7. The zero-order valence-electron chi connectivity index (χ0n) is 21.5. The van der Waals surface area contributed by atoms with Crippen LogP contribution in [-0.2, 0) is 20.8 Å². The third-order valence-electron chi connectivity index (χ3n) is 7.54. The molecule has 4 aromatic rings. The van der Waals surface area contributed by atoms with Gasteiger partial charge in [0.05, 0.1) is 36.9 Å². The first kappa shape index (κ1) is 24.8. The van der Waals surface area contributed by atoms with Crippen LogP contribution in [0.4, 0.5) is 5.69 Å². The molecule has 0 unspecified atom stereocenters. The van der Waals surface area contributed by atoms with Crippen LogP contribution in [0.25, 0.3) is 16.7 Å². The predicted molar refractivity (Wildman–Crippen MR) is 147 cm³/mol. The number of esters is 1. The lowest BCUT2D eigenvalue weighted by molar-refractivity contribution is -0.141. The van der Waals surface area contributed by atoms with Gasteiger partial charge in [0.25, 0.3) is 0 Å². The molecular weight excluding hydrogens is 502 g/mol. The highest BCUT2D eigenvalue weighted by Crippen LogP contribution is 2.38. The Morgan fingerprint density at radius 3 is 2.92 bits per heavy atom. The lowest BCUT2D eigenvalue weighted by atomic mass is 9.97. The molecule has 2 aliphatic heterocycles. The van der Waals surface area contributed by atoms with E-state index in [2.05, 4.69) is 35.0 Å². The molecule has 2 atom stereocenters. The van der Waals surface area contributed by atoms with E-state index in [9.17, 15) is 4.79 Å². The maximum atomic E-state index is 11.7. The fourth-order valence-corrected chi connectivity index (χ4v) is 5.63. The maximum absolute atomic E-state index is 11.7. The summed E-state index contributed by atoms with van der Waals surface area (Å²) < 4.78 is 19.0. The van der Waals surface area contributed by atoms with Crippen LogP contribution in [0, 0.1) is 6.92 Å². The summed E-state index contributed by atoms with van der Waals surface area (Å²) in [5.41, 5.74) is 7.34. The SMILES string of the molecule is COC(=O)C[C@@H]1COc2cc(NCc3cccc(-n4c([C@H]5CCCO5)nc5cc(Cl)ccc54)c3C)ccc21. The molecule has 0 spiro atoms. The van der Waals surface area contributed by atoms with E-state index in [1.54, 1.807) is 0 Å². The molecular formula is C30H30ClN3O4. The van der Waals surface area contributed by atoms with E-state index in [1.807, 2.05) is 36.4 Å². The highest BCUT2D eigenvalue weighted by molar-refractivity contribution is 6.31. The number of hydrogen-bond acceptors (Lipinski definition) is 6. The molecule has 0 amide bonds. The van der Waals surface area contributed by atoms with Crippen LogP contribution in [0.1, 0.15) is 53.8 Å². The minimum atomic E-state index is -0.222. The molecule has 3 heterocycles. The number of nitrogens with zero attached hydrogens (tertiary/aromatic N) is 2. The smallest absolute Gasteiger partial charge is 0.306 e. The number of methoxy groups -OCH3 is 1. The van der Waals surface area contributed by atoms with Crippen LogP contribution in [0.3, 0.4) is 0 Å². The van der Waals surface area contributed by atoms with Crippen molar-refractivity contribution in [3.05, 3.63) is 82.1 Å². The van der Waals surface area contributed by atoms with Crippen LogP contribution in [0.2, 0.25) is 5.02 Å². The van der Waals surface area contributed by atoms with Gasteiger partial charge in [0, 0.05) is 41.4 Å². The first-order chi connectivity index (χ1) is 18.5. The molecule has 7 nitrogen and oxygen atoms in total. The lowest BCUT2D eigenvalue weighted by Crippen LogP contribution is -2.10. The van der Waals surface area contributed by atoms with Gasteiger partial charge in [-0.15, -0.1) is 0 Å². The van der Waals surface area contributed by atoms with Crippen molar-refractivity contribution in [2.45, 2.75) is 44.8 Å². The Hall–Kier alpha value is -3.55. The zero-order chi connectivity index (χ0) is 26.2. The molecule has 1 saturated heterocycles. The summed E-state index contributed by atoms with van der Waals surface area (Å²) in [6, 6.07) is 18.3. The van der Waals surface area contributed by atoms with Crippen LogP contribution in [0.5, 0.6) is 5.75 Å². The summed E-state index contributed by atoms with van der Waals surface area (Å²) >= 11 is 6.30. The first-order valence-corrected chi connectivity index (χ1v) is 13.4. The van der Waals surface area contributed by atoms with Crippen molar-refractivity contribution in [1.29, 1.82) is 0 Å². The molecule has 38 heavy (non-hydrogen) atoms. The van der Waals surface area contributed by atoms with Gasteiger partial charge in [-0.25, -0.2) is 4.98 Å². The number of carbonyl (C=O) groups is 1. The van der Waals surface area contributed by atoms with Crippen LogP contribution >= 0.6 is 11.6 Å². The van der Waals surface area contributed by atoms with Gasteiger partial charge in [0.15, 0.2) is 0 Å². The van der Waals surface area contributed by atoms with E-state index in [1.165, 1.54) is 18.2 Å². The van der Waals surface area contributed by atoms with Crippen molar-refractivity contribution in [1.82, 2.24) is 9.55 Å². The molecule has 8 heteroatoms. The van der Waals surface area contributed by atoms with Crippen LogP contribution in [-0.4, -0.2) is 35.8 Å². The van der Waals surface area contributed by atoms with Gasteiger partial charge in [-0.1, -0.05) is 29.8 Å². The predicted octanol–water partition coefficient (Wildman–Crippen LogP) is 6.49. The molecule has 1 fully saturated rings. The molecule has 2 aliphatic rings. The van der Waals surface area contributed by atoms with Gasteiger partial charge < -0.3 is 19.5 Å². The van der Waals surface area contributed by atoms with Crippen LogP contribution < -0.4 is 10.1 Å². The number of carbonyl (C=O) groups excluding carboxylic acids is 1. The highest BCUT2D eigenvalue weighted by Gasteiger charge is 2.28. The summed E-state index contributed by atoms with van der Waals surface area (Å²) in [5.74, 6) is 1.55. The standard InChI is InChI=1S/C30H30ClN3O4/c1-18-19(16-32-22-9-10-23-20(13-29(35)36-2)17-38-28(23)15-22)5-3-6-25(18)34-26-11-8-21(31)14-24(26)33-30(34)27-7-4-12-37-27/h3,5-6,8-11,14-15,20,27,32H,4,7,12-13,16-17H2,1-2H3/t20-,27-/m1/s1. The third kappa shape index (κ3) is 4.61. The van der Waals surface area contributed by atoms with E-state index in [4.69, 9.17) is 30.8 Å². The molecule has 6 rings (SSSR count). The van der Waals surface area contributed by atoms with Gasteiger partial charge in [0.1, 0.15) is 17.7 Å². The van der Waals surface area contributed by atoms with Crippen molar-refractivity contribution in [3.63, 3.8) is 0 Å². The Balaban J connectivity index is 1.27. The minimum absolute atomic E-state index is 0.0308. The fourth-order valence-electron chi connectivity index (χ4n) is 5.46. The number of hydrogen-bond donors (Lipinski definition) is 1. The summed E-state index contributed by atoms with van der Waals surface area (Å²) in [6.07, 6.45) is 2.28. The number of nitrogens with one attached hydrogen (secondary N) is 1. The van der Waals surface area contributed by atoms with Crippen molar-refractivity contribution in [2.24, 2.45) is 0 Å². The monoisotopic (exact) mass is 531 g/mol. The third-order valence-corrected chi connectivity index (χ3v) is 7.77. The molecule has 0 saturated carbocycles. The number of fused-ring (bicyclic) bond motifs is 2. The van der Waals surface area contributed by atoms with Crippen molar-refractivity contribution in [3.8, 4) is 11.4 Å². The Morgan fingerprint density at radius 2 is 2.11 bits per heavy atom. The fraction of sp³-hybridized carbons (Fsp3) is 0.333. The molecule has 1 aromatic heterocycles. The van der Waals surface area contributed by atoms with Crippen molar-refractivity contribution >= 4 is 34.3 Å². The second kappa shape index (κ2) is 10.3. The largest absolute Gasteiger partial charge is 0.493 e. The number of imidazole rings is 1. The Labute approximate surface area is 226 Å². The Bertz CT molecular complexity index is 1510. The second-order valence-corrected chi connectivity index (χ2v) is 10.3.